The van der Waals surface area contributed by atoms with Gasteiger partial charge in [-0.15, -0.1) is 0 Å². The summed E-state index contributed by atoms with van der Waals surface area (Å²) >= 11 is 0. The van der Waals surface area contributed by atoms with Gasteiger partial charge in [0.1, 0.15) is 5.82 Å². The molecule has 4 nitrogen and oxygen atoms in total. The maximum atomic E-state index is 11.1. The lowest BCUT2D eigenvalue weighted by Crippen LogP contribution is -2.01. The fourth-order valence-corrected chi connectivity index (χ4v) is 1.65. The van der Waals surface area contributed by atoms with Crippen molar-refractivity contribution in [3.05, 3.63) is 52.8 Å². The summed E-state index contributed by atoms with van der Waals surface area (Å²) in [6.45, 7) is 0. The van der Waals surface area contributed by atoms with E-state index in [9.17, 15) is 4.79 Å². The summed E-state index contributed by atoms with van der Waals surface area (Å²) in [6, 6.07) is 13.0. The first-order valence-electron chi connectivity index (χ1n) is 4.97. The fraction of sp³-hybridized carbons (Fsp3) is 0. The van der Waals surface area contributed by atoms with E-state index in [2.05, 4.69) is 15.0 Å². The molecule has 0 bridgehead atoms. The first kappa shape index (κ1) is 8.91. The molecule has 16 heavy (non-hydrogen) atoms. The summed E-state index contributed by atoms with van der Waals surface area (Å²) in [6.07, 6.45) is 0. The van der Waals surface area contributed by atoms with E-state index in [1.165, 1.54) is 6.07 Å². The minimum Gasteiger partial charge on any atom is -0.337 e. The van der Waals surface area contributed by atoms with E-state index in [-0.39, 0.29) is 5.56 Å². The second-order valence-electron chi connectivity index (χ2n) is 3.54. The first-order chi connectivity index (χ1) is 7.83. The average Bonchev–Trinajstić information content (AvgIpc) is 2.73. The minimum absolute atomic E-state index is 0.140. The van der Waals surface area contributed by atoms with E-state index in [1.807, 2.05) is 30.3 Å². The lowest BCUT2D eigenvalue weighted by Gasteiger charge is -1.93. The van der Waals surface area contributed by atoms with E-state index in [4.69, 9.17) is 0 Å². The van der Waals surface area contributed by atoms with Gasteiger partial charge in [0.15, 0.2) is 5.65 Å². The van der Waals surface area contributed by atoms with Gasteiger partial charge in [0, 0.05) is 11.6 Å². The topological polar surface area (TPSA) is 61.5 Å². The van der Waals surface area contributed by atoms with Crippen molar-refractivity contribution in [1.29, 1.82) is 0 Å². The standard InChI is InChI=1S/C12H9N3O/c16-10-7-6-9-12(14-10)15-11(13-9)8-4-2-1-3-5-8/h1-7H,(H2,13,14,15,16). The summed E-state index contributed by atoms with van der Waals surface area (Å²) < 4.78 is 0. The summed E-state index contributed by atoms with van der Waals surface area (Å²) in [4.78, 5) is 21.3. The summed E-state index contributed by atoms with van der Waals surface area (Å²) in [5.41, 5.74) is 2.28. The molecule has 0 saturated carbocycles. The van der Waals surface area contributed by atoms with Crippen LogP contribution < -0.4 is 5.56 Å². The van der Waals surface area contributed by atoms with Crippen LogP contribution in [0.5, 0.6) is 0 Å². The average molecular weight is 211 g/mol. The number of imidazole rings is 1. The summed E-state index contributed by atoms with van der Waals surface area (Å²) in [5, 5.41) is 0. The first-order valence-corrected chi connectivity index (χ1v) is 4.97. The van der Waals surface area contributed by atoms with E-state index in [0.29, 0.717) is 5.65 Å². The van der Waals surface area contributed by atoms with E-state index < -0.39 is 0 Å². The largest absolute Gasteiger partial charge is 0.337 e. The predicted molar refractivity (Wildman–Crippen MR) is 62.2 cm³/mol. The van der Waals surface area contributed by atoms with Gasteiger partial charge in [-0.25, -0.2) is 4.98 Å². The van der Waals surface area contributed by atoms with Crippen molar-refractivity contribution >= 4 is 11.2 Å². The predicted octanol–water partition coefficient (Wildman–Crippen LogP) is 1.92. The van der Waals surface area contributed by atoms with Gasteiger partial charge in [0.05, 0.1) is 5.52 Å². The quantitative estimate of drug-likeness (QED) is 0.646. The number of H-pyrrole nitrogens is 2. The highest BCUT2D eigenvalue weighted by atomic mass is 16.1. The molecule has 0 aliphatic heterocycles. The van der Waals surface area contributed by atoms with Gasteiger partial charge in [-0.3, -0.25) is 4.79 Å². The Balaban J connectivity index is 2.23. The van der Waals surface area contributed by atoms with Gasteiger partial charge in [-0.05, 0) is 6.07 Å². The van der Waals surface area contributed by atoms with Crippen molar-refractivity contribution < 1.29 is 0 Å². The van der Waals surface area contributed by atoms with E-state index >= 15 is 0 Å². The van der Waals surface area contributed by atoms with Crippen LogP contribution in [0.3, 0.4) is 0 Å². The number of hydrogen-bond donors (Lipinski definition) is 2. The van der Waals surface area contributed by atoms with Crippen LogP contribution in [0.1, 0.15) is 0 Å². The molecule has 2 heterocycles. The maximum Gasteiger partial charge on any atom is 0.249 e. The molecule has 0 fully saturated rings. The molecule has 3 rings (SSSR count). The monoisotopic (exact) mass is 211 g/mol. The zero-order valence-corrected chi connectivity index (χ0v) is 8.40. The lowest BCUT2D eigenvalue weighted by molar-refractivity contribution is 1.25. The van der Waals surface area contributed by atoms with Crippen LogP contribution in [0.2, 0.25) is 0 Å². The van der Waals surface area contributed by atoms with Crippen molar-refractivity contribution in [2.75, 3.05) is 0 Å². The van der Waals surface area contributed by atoms with Crippen LogP contribution in [0.25, 0.3) is 22.6 Å². The van der Waals surface area contributed by atoms with Crippen molar-refractivity contribution in [3.8, 4) is 11.4 Å². The molecule has 78 valence electrons. The number of benzene rings is 1. The Bertz CT molecular complexity index is 682. The number of nitrogens with zero attached hydrogens (tertiary/aromatic N) is 1. The van der Waals surface area contributed by atoms with Gasteiger partial charge < -0.3 is 9.97 Å². The highest BCUT2D eigenvalue weighted by molar-refractivity contribution is 5.75. The molecule has 0 aliphatic carbocycles. The molecule has 3 aromatic rings. The number of fused-ring (bicyclic) bond motifs is 1. The van der Waals surface area contributed by atoms with Gasteiger partial charge in [-0.2, -0.15) is 0 Å². The maximum absolute atomic E-state index is 11.1. The third-order valence-corrected chi connectivity index (χ3v) is 2.42. The molecule has 2 N–H and O–H groups in total. The van der Waals surface area contributed by atoms with E-state index in [1.54, 1.807) is 6.07 Å². The van der Waals surface area contributed by atoms with Crippen molar-refractivity contribution in [1.82, 2.24) is 15.0 Å². The Morgan fingerprint density at radius 3 is 2.56 bits per heavy atom. The Kier molecular flexibility index (Phi) is 1.86. The van der Waals surface area contributed by atoms with Gasteiger partial charge in [-0.1, -0.05) is 30.3 Å². The Morgan fingerprint density at radius 2 is 1.75 bits per heavy atom. The highest BCUT2D eigenvalue weighted by Crippen LogP contribution is 2.17. The Hall–Kier alpha value is -2.36. The molecule has 1 aromatic carbocycles. The van der Waals surface area contributed by atoms with Crippen LogP contribution >= 0.6 is 0 Å². The lowest BCUT2D eigenvalue weighted by atomic mass is 10.2. The van der Waals surface area contributed by atoms with Crippen LogP contribution in [-0.2, 0) is 0 Å². The van der Waals surface area contributed by atoms with Crippen LogP contribution in [0.15, 0.2) is 47.3 Å². The number of rotatable bonds is 1. The third-order valence-electron chi connectivity index (χ3n) is 2.42. The molecule has 0 atom stereocenters. The number of pyridine rings is 1. The molecule has 0 aliphatic rings. The van der Waals surface area contributed by atoms with Gasteiger partial charge in [0.25, 0.3) is 0 Å². The summed E-state index contributed by atoms with van der Waals surface area (Å²) in [5.74, 6) is 0.762. The van der Waals surface area contributed by atoms with Crippen molar-refractivity contribution in [2.24, 2.45) is 0 Å². The fourth-order valence-electron chi connectivity index (χ4n) is 1.65. The second-order valence-corrected chi connectivity index (χ2v) is 3.54. The molecule has 2 aromatic heterocycles. The zero-order valence-electron chi connectivity index (χ0n) is 8.40. The Morgan fingerprint density at radius 1 is 0.938 bits per heavy atom. The van der Waals surface area contributed by atoms with Crippen LogP contribution in [0.4, 0.5) is 0 Å². The SMILES string of the molecule is O=c1ccc2[nH]c(-c3ccccc3)nc2[nH]1. The molecule has 4 heteroatoms. The van der Waals surface area contributed by atoms with Gasteiger partial charge in [0.2, 0.25) is 5.56 Å². The number of aromatic amines is 2. The normalized spacial score (nSPS) is 10.8. The van der Waals surface area contributed by atoms with E-state index in [0.717, 1.165) is 16.9 Å². The number of aromatic nitrogens is 3. The molecule has 0 unspecified atom stereocenters. The Labute approximate surface area is 91.0 Å². The number of hydrogen-bond acceptors (Lipinski definition) is 2. The molecule has 0 radical (unpaired) electrons. The minimum atomic E-state index is -0.140. The highest BCUT2D eigenvalue weighted by Gasteiger charge is 2.04. The molecule has 0 spiro atoms. The van der Waals surface area contributed by atoms with Crippen LogP contribution in [0, 0.1) is 0 Å². The van der Waals surface area contributed by atoms with Gasteiger partial charge >= 0.3 is 0 Å². The smallest absolute Gasteiger partial charge is 0.249 e. The van der Waals surface area contributed by atoms with Crippen molar-refractivity contribution in [3.63, 3.8) is 0 Å². The summed E-state index contributed by atoms with van der Waals surface area (Å²) in [7, 11) is 0. The molecule has 0 saturated heterocycles. The third kappa shape index (κ3) is 1.40. The van der Waals surface area contributed by atoms with Crippen LogP contribution in [-0.4, -0.2) is 15.0 Å². The molecule has 0 amide bonds. The number of nitrogens with one attached hydrogen (secondary N) is 2. The molecular weight excluding hydrogens is 202 g/mol. The molecular formula is C12H9N3O. The van der Waals surface area contributed by atoms with Crippen molar-refractivity contribution in [2.45, 2.75) is 0 Å². The zero-order chi connectivity index (χ0) is 11.0. The second kappa shape index (κ2) is 3.34.